The second-order valence-electron chi connectivity index (χ2n) is 4.85. The van der Waals surface area contributed by atoms with E-state index in [0.29, 0.717) is 19.5 Å². The molecule has 0 spiro atoms. The van der Waals surface area contributed by atoms with Gasteiger partial charge in [0.1, 0.15) is 0 Å². The van der Waals surface area contributed by atoms with Crippen LogP contribution in [0.25, 0.3) is 6.08 Å². The number of aliphatic carboxylic acids is 1. The zero-order valence-electron chi connectivity index (χ0n) is 16.2. The lowest BCUT2D eigenvalue weighted by Crippen LogP contribution is -2.25. The number of thiophene rings is 1. The quantitative estimate of drug-likeness (QED) is 0.458. The number of terminal acetylenes is 1. The summed E-state index contributed by atoms with van der Waals surface area (Å²) >= 11 is 3.14. The van der Waals surface area contributed by atoms with Crippen molar-refractivity contribution < 1.29 is 9.90 Å². The number of allylic oxidation sites excluding steroid dienone is 2. The Morgan fingerprint density at radius 2 is 2.21 bits per heavy atom. The Labute approximate surface area is 175 Å². The summed E-state index contributed by atoms with van der Waals surface area (Å²) in [6, 6.07) is 5.92. The van der Waals surface area contributed by atoms with Crippen LogP contribution in [0.4, 0.5) is 5.13 Å². The van der Waals surface area contributed by atoms with Crippen molar-refractivity contribution in [3.05, 3.63) is 52.2 Å². The van der Waals surface area contributed by atoms with Gasteiger partial charge in [0.15, 0.2) is 5.13 Å². The lowest BCUT2D eigenvalue weighted by Gasteiger charge is -2.20. The van der Waals surface area contributed by atoms with Crippen LogP contribution in [-0.2, 0) is 11.3 Å². The van der Waals surface area contributed by atoms with Gasteiger partial charge in [-0.2, -0.15) is 5.26 Å². The predicted octanol–water partition coefficient (Wildman–Crippen LogP) is 5.44. The Balaban J connectivity index is 0.000000906. The van der Waals surface area contributed by atoms with Gasteiger partial charge in [-0.3, -0.25) is 4.79 Å². The molecule has 0 aliphatic carbocycles. The predicted molar refractivity (Wildman–Crippen MR) is 119 cm³/mol. The minimum atomic E-state index is -0.810. The van der Waals surface area contributed by atoms with E-state index in [-0.39, 0.29) is 6.42 Å². The van der Waals surface area contributed by atoms with E-state index in [2.05, 4.69) is 17.5 Å². The Morgan fingerprint density at radius 3 is 2.71 bits per heavy atom. The highest BCUT2D eigenvalue weighted by molar-refractivity contribution is 7.13. The Kier molecular flexibility index (Phi) is 14.6. The largest absolute Gasteiger partial charge is 0.481 e. The lowest BCUT2D eigenvalue weighted by molar-refractivity contribution is -0.136. The highest BCUT2D eigenvalue weighted by atomic mass is 32.1. The van der Waals surface area contributed by atoms with Crippen LogP contribution in [0.5, 0.6) is 0 Å². The van der Waals surface area contributed by atoms with Crippen LogP contribution in [-0.4, -0.2) is 22.6 Å². The number of aromatic nitrogens is 1. The van der Waals surface area contributed by atoms with E-state index in [1.165, 1.54) is 16.2 Å². The molecule has 0 amide bonds. The molecule has 0 bridgehead atoms. The van der Waals surface area contributed by atoms with Crippen molar-refractivity contribution >= 4 is 39.9 Å². The van der Waals surface area contributed by atoms with Gasteiger partial charge in [0.2, 0.25) is 0 Å². The standard InChI is InChI=1S/C15H14N2O2S2.C4H5N.C2H6/c1-2-3-5-12-11-21-15(16-12)17(8-7-14(18)19)10-13-6-4-9-20-13;1-2-3-4-5;1-2/h1,3-6,9,11H,7-8,10H2,(H,18,19);2H,1,3H2;1-2H3/b5-3+;;. The van der Waals surface area contributed by atoms with Crippen molar-refractivity contribution in [2.45, 2.75) is 33.2 Å². The number of hydrogen-bond acceptors (Lipinski definition) is 6. The molecule has 0 fully saturated rings. The first kappa shape index (κ1) is 25.1. The summed E-state index contributed by atoms with van der Waals surface area (Å²) in [5.41, 5.74) is 0.791. The Morgan fingerprint density at radius 1 is 1.46 bits per heavy atom. The number of nitrogens with zero attached hydrogens (tertiary/aromatic N) is 3. The minimum absolute atomic E-state index is 0.0838. The third-order valence-electron chi connectivity index (χ3n) is 2.89. The number of carboxylic acid groups (broad SMARTS) is 1. The van der Waals surface area contributed by atoms with Crippen LogP contribution >= 0.6 is 22.7 Å². The number of hydrogen-bond donors (Lipinski definition) is 1. The summed E-state index contributed by atoms with van der Waals surface area (Å²) in [6.07, 6.45) is 10.7. The zero-order valence-corrected chi connectivity index (χ0v) is 17.8. The van der Waals surface area contributed by atoms with Gasteiger partial charge in [-0.25, -0.2) is 4.98 Å². The molecule has 0 saturated heterocycles. The van der Waals surface area contributed by atoms with E-state index in [4.69, 9.17) is 16.8 Å². The van der Waals surface area contributed by atoms with E-state index >= 15 is 0 Å². The molecule has 5 nitrogen and oxygen atoms in total. The van der Waals surface area contributed by atoms with Gasteiger partial charge in [0.25, 0.3) is 0 Å². The average Bonchev–Trinajstić information content (AvgIpc) is 3.38. The van der Waals surface area contributed by atoms with E-state index in [9.17, 15) is 4.79 Å². The van der Waals surface area contributed by atoms with Crippen molar-refractivity contribution in [3.63, 3.8) is 0 Å². The van der Waals surface area contributed by atoms with E-state index in [0.717, 1.165) is 10.8 Å². The molecule has 0 atom stereocenters. The maximum atomic E-state index is 10.8. The van der Waals surface area contributed by atoms with E-state index < -0.39 is 5.97 Å². The number of carbonyl (C=O) groups is 1. The molecule has 28 heavy (non-hydrogen) atoms. The minimum Gasteiger partial charge on any atom is -0.481 e. The van der Waals surface area contributed by atoms with Crippen molar-refractivity contribution in [2.75, 3.05) is 11.4 Å². The van der Waals surface area contributed by atoms with Gasteiger partial charge in [0.05, 0.1) is 31.1 Å². The summed E-state index contributed by atoms with van der Waals surface area (Å²) in [6.45, 7) is 8.42. The monoisotopic (exact) mass is 415 g/mol. The molecule has 2 heterocycles. The Hall–Kier alpha value is -2.87. The van der Waals surface area contributed by atoms with E-state index in [1.54, 1.807) is 29.6 Å². The molecular formula is C21H25N3O2S2. The molecule has 1 N–H and O–H groups in total. The first-order valence-electron chi connectivity index (χ1n) is 8.65. The van der Waals surface area contributed by atoms with Crippen molar-refractivity contribution in [2.24, 2.45) is 0 Å². The molecule has 7 heteroatoms. The number of rotatable bonds is 8. The normalized spacial score (nSPS) is 9.14. The van der Waals surface area contributed by atoms with Crippen LogP contribution in [0.2, 0.25) is 0 Å². The maximum absolute atomic E-state index is 10.8. The van der Waals surface area contributed by atoms with Crippen LogP contribution in [0.1, 0.15) is 37.3 Å². The third kappa shape index (κ3) is 11.0. The van der Waals surface area contributed by atoms with Gasteiger partial charge in [-0.1, -0.05) is 31.9 Å². The molecule has 0 radical (unpaired) electrons. The molecular weight excluding hydrogens is 390 g/mol. The lowest BCUT2D eigenvalue weighted by atomic mass is 10.3. The van der Waals surface area contributed by atoms with Crippen molar-refractivity contribution in [3.8, 4) is 18.4 Å². The molecule has 0 aliphatic rings. The number of nitriles is 1. The fourth-order valence-electron chi connectivity index (χ4n) is 1.76. The Bertz CT molecular complexity index is 796. The van der Waals surface area contributed by atoms with Gasteiger partial charge >= 0.3 is 5.97 Å². The van der Waals surface area contributed by atoms with Crippen LogP contribution < -0.4 is 4.90 Å². The fourth-order valence-corrected chi connectivity index (χ4v) is 3.30. The molecule has 0 aromatic carbocycles. The van der Waals surface area contributed by atoms with Crippen LogP contribution in [0.15, 0.2) is 41.6 Å². The van der Waals surface area contributed by atoms with E-state index in [1.807, 2.05) is 47.7 Å². The van der Waals surface area contributed by atoms with Gasteiger partial charge < -0.3 is 10.0 Å². The SMILES string of the molecule is C#C/C=C/c1csc(N(CCC(=O)O)Cc2cccs2)n1.C=CCC#N.CC. The fraction of sp³-hybridized carbons (Fsp3) is 0.286. The zero-order chi connectivity index (χ0) is 21.2. The molecule has 0 unspecified atom stereocenters. The summed E-state index contributed by atoms with van der Waals surface area (Å²) in [5, 5.41) is 21.3. The molecule has 0 aliphatic heterocycles. The first-order chi connectivity index (χ1) is 13.6. The van der Waals surface area contributed by atoms with Crippen LogP contribution in [0.3, 0.4) is 0 Å². The average molecular weight is 416 g/mol. The molecule has 2 aromatic heterocycles. The van der Waals surface area contributed by atoms with Crippen molar-refractivity contribution in [1.29, 1.82) is 5.26 Å². The summed E-state index contributed by atoms with van der Waals surface area (Å²) < 4.78 is 0. The summed E-state index contributed by atoms with van der Waals surface area (Å²) in [4.78, 5) is 18.5. The van der Waals surface area contributed by atoms with Crippen LogP contribution in [0, 0.1) is 23.7 Å². The smallest absolute Gasteiger partial charge is 0.305 e. The topological polar surface area (TPSA) is 77.2 Å². The summed E-state index contributed by atoms with van der Waals surface area (Å²) in [7, 11) is 0. The van der Waals surface area contributed by atoms with Gasteiger partial charge in [-0.05, 0) is 23.6 Å². The number of carboxylic acids is 1. The van der Waals surface area contributed by atoms with Gasteiger partial charge in [0, 0.05) is 16.8 Å². The summed E-state index contributed by atoms with van der Waals surface area (Å²) in [5.74, 6) is 1.62. The van der Waals surface area contributed by atoms with Crippen molar-refractivity contribution in [1.82, 2.24) is 4.98 Å². The second kappa shape index (κ2) is 16.3. The third-order valence-corrected chi connectivity index (χ3v) is 4.67. The highest BCUT2D eigenvalue weighted by Crippen LogP contribution is 2.24. The first-order valence-corrected chi connectivity index (χ1v) is 10.4. The number of thiazole rings is 1. The van der Waals surface area contributed by atoms with Gasteiger partial charge in [-0.15, -0.1) is 35.7 Å². The second-order valence-corrected chi connectivity index (χ2v) is 6.72. The highest BCUT2D eigenvalue weighted by Gasteiger charge is 2.13. The molecule has 2 aromatic rings. The molecule has 0 saturated carbocycles. The maximum Gasteiger partial charge on any atom is 0.305 e. The molecule has 2 rings (SSSR count). The molecule has 148 valence electrons. The number of anilines is 1.